The number of piperidine rings is 1. The number of carbonyl (C=O) groups excluding carboxylic acids is 2. The molecule has 4 atom stereocenters. The Kier molecular flexibility index (Phi) is 5.24. The lowest BCUT2D eigenvalue weighted by Crippen LogP contribution is -2.33. The molecule has 10 heteroatoms. The van der Waals surface area contributed by atoms with Gasteiger partial charge in [-0.2, -0.15) is 5.26 Å². The number of nitrogens with zero attached hydrogens (tertiary/aromatic N) is 4. The summed E-state index contributed by atoms with van der Waals surface area (Å²) in [6.07, 6.45) is -0.0172. The fraction of sp³-hybridized carbons (Fsp3) is 0.417. The van der Waals surface area contributed by atoms with Crippen LogP contribution in [0.5, 0.6) is 0 Å². The molecule has 3 fully saturated rings. The summed E-state index contributed by atoms with van der Waals surface area (Å²) in [6.45, 7) is 3.08. The number of nitriles is 1. The quantitative estimate of drug-likeness (QED) is 0.726. The first kappa shape index (κ1) is 22.2. The molecule has 2 aliphatic heterocycles. The maximum atomic E-state index is 15.0. The van der Waals surface area contributed by atoms with Gasteiger partial charge in [0.15, 0.2) is 0 Å². The lowest BCUT2D eigenvalue weighted by atomic mass is 9.95. The predicted molar refractivity (Wildman–Crippen MR) is 118 cm³/mol. The molecule has 1 aliphatic carbocycles. The number of pyridine rings is 1. The first-order chi connectivity index (χ1) is 16.2. The number of hydrogen-bond acceptors (Lipinski definition) is 6. The molecule has 1 N–H and O–H groups in total. The second-order valence-electron chi connectivity index (χ2n) is 9.18. The zero-order chi connectivity index (χ0) is 24.2. The highest BCUT2D eigenvalue weighted by Crippen LogP contribution is 2.62. The van der Waals surface area contributed by atoms with E-state index in [9.17, 15) is 19.2 Å². The number of likely N-dealkylation sites (tertiary alicyclic amines) is 1. The van der Waals surface area contributed by atoms with Gasteiger partial charge in [-0.1, -0.05) is 6.07 Å². The molecule has 8 nitrogen and oxygen atoms in total. The molecule has 2 amide bonds. The van der Waals surface area contributed by atoms with Crippen molar-refractivity contribution in [3.8, 4) is 17.2 Å². The zero-order valence-corrected chi connectivity index (χ0v) is 18.7. The van der Waals surface area contributed by atoms with Crippen LogP contribution >= 0.6 is 0 Å². The van der Waals surface area contributed by atoms with Gasteiger partial charge in [0.2, 0.25) is 5.91 Å². The number of amides is 2. The fourth-order valence-corrected chi connectivity index (χ4v) is 5.27. The predicted octanol–water partition coefficient (Wildman–Crippen LogP) is 2.44. The Hall–Kier alpha value is -3.58. The van der Waals surface area contributed by atoms with Gasteiger partial charge in [-0.05, 0) is 19.2 Å². The maximum absolute atomic E-state index is 15.0. The van der Waals surface area contributed by atoms with Crippen molar-refractivity contribution in [3.05, 3.63) is 47.8 Å². The van der Waals surface area contributed by atoms with Crippen LogP contribution in [0.1, 0.15) is 12.6 Å². The first-order valence-electron chi connectivity index (χ1n) is 11.0. The van der Waals surface area contributed by atoms with Crippen molar-refractivity contribution in [2.24, 2.45) is 11.8 Å². The summed E-state index contributed by atoms with van der Waals surface area (Å²) < 4.78 is 35.1. The number of nitrogens with one attached hydrogen (secondary N) is 1. The number of carbonyl (C=O) groups is 2. The van der Waals surface area contributed by atoms with Crippen molar-refractivity contribution in [2.75, 3.05) is 38.1 Å². The molecule has 1 aromatic carbocycles. The van der Waals surface area contributed by atoms with Gasteiger partial charge in [0.25, 0.3) is 0 Å². The van der Waals surface area contributed by atoms with Gasteiger partial charge < -0.3 is 15.0 Å². The number of cyclic esters (lactones) is 1. The van der Waals surface area contributed by atoms with Crippen LogP contribution in [0.2, 0.25) is 0 Å². The summed E-state index contributed by atoms with van der Waals surface area (Å²) in [7, 11) is 2.02. The summed E-state index contributed by atoms with van der Waals surface area (Å²) in [5.74, 6) is -1.31. The SMILES string of the molecule is CC(=O)NC[C@H]1CN(c2cc(F)c(-c3ccc(C4(C#N)[C@@H]5CN(C)C[C@@H]54)nc3)cc2F)C(=O)O1. The van der Waals surface area contributed by atoms with Crippen LogP contribution in [0.3, 0.4) is 0 Å². The average Bonchev–Trinajstić information content (AvgIpc) is 3.07. The molecule has 3 aliphatic rings. The largest absolute Gasteiger partial charge is 0.442 e. The van der Waals surface area contributed by atoms with E-state index in [2.05, 4.69) is 21.3 Å². The van der Waals surface area contributed by atoms with Gasteiger partial charge in [0.05, 0.1) is 30.5 Å². The van der Waals surface area contributed by atoms with Gasteiger partial charge in [-0.15, -0.1) is 0 Å². The highest BCUT2D eigenvalue weighted by atomic mass is 19.1. The Balaban J connectivity index is 1.36. The van der Waals surface area contributed by atoms with E-state index in [1.807, 2.05) is 7.05 Å². The second kappa shape index (κ2) is 8.02. The molecule has 1 saturated carbocycles. The summed E-state index contributed by atoms with van der Waals surface area (Å²) in [6, 6.07) is 7.78. The van der Waals surface area contributed by atoms with Crippen molar-refractivity contribution >= 4 is 17.7 Å². The molecular weight excluding hydrogens is 444 g/mol. The van der Waals surface area contributed by atoms with Crippen molar-refractivity contribution in [3.63, 3.8) is 0 Å². The van der Waals surface area contributed by atoms with E-state index in [0.717, 1.165) is 30.1 Å². The van der Waals surface area contributed by atoms with E-state index in [1.165, 1.54) is 13.1 Å². The van der Waals surface area contributed by atoms with Gasteiger partial charge >= 0.3 is 6.09 Å². The average molecular weight is 467 g/mol. The minimum Gasteiger partial charge on any atom is -0.442 e. The number of aromatic nitrogens is 1. The van der Waals surface area contributed by atoms with Crippen LogP contribution in [0.4, 0.5) is 19.3 Å². The standard InChI is InChI=1S/C24H23F2N5O3/c1-13(32)28-8-15-9-31(23(33)34-15)21-6-19(25)16(5-20(21)26)14-3-4-22(29-7-14)24(12-27)17-10-30(2)11-18(17)24/h3-7,15,17-18H,8-11H2,1-2H3,(H,28,32)/t15-,17-,18+,24?/m0/s1. The third kappa shape index (κ3) is 3.47. The molecule has 5 rings (SSSR count). The topological polar surface area (TPSA) is 98.6 Å². The first-order valence-corrected chi connectivity index (χ1v) is 11.0. The number of hydrogen-bond donors (Lipinski definition) is 1. The third-order valence-electron chi connectivity index (χ3n) is 7.03. The molecule has 2 saturated heterocycles. The highest BCUT2D eigenvalue weighted by Gasteiger charge is 2.70. The summed E-state index contributed by atoms with van der Waals surface area (Å²) in [5, 5.41) is 12.4. The number of benzene rings is 1. The van der Waals surface area contributed by atoms with Crippen LogP contribution in [0.15, 0.2) is 30.5 Å². The van der Waals surface area contributed by atoms with Crippen LogP contribution in [0.25, 0.3) is 11.1 Å². The van der Waals surface area contributed by atoms with Crippen molar-refractivity contribution in [2.45, 2.75) is 18.4 Å². The fourth-order valence-electron chi connectivity index (χ4n) is 5.27. The third-order valence-corrected chi connectivity index (χ3v) is 7.03. The summed E-state index contributed by atoms with van der Waals surface area (Å²) >= 11 is 0. The number of halogens is 2. The Labute approximate surface area is 195 Å². The lowest BCUT2D eigenvalue weighted by molar-refractivity contribution is -0.119. The van der Waals surface area contributed by atoms with Crippen molar-refractivity contribution in [1.82, 2.24) is 15.2 Å². The number of rotatable bonds is 5. The summed E-state index contributed by atoms with van der Waals surface area (Å²) in [5.41, 5.74) is 0.186. The highest BCUT2D eigenvalue weighted by molar-refractivity contribution is 5.90. The molecule has 3 heterocycles. The Morgan fingerprint density at radius 1 is 1.26 bits per heavy atom. The molecule has 0 spiro atoms. The van der Waals surface area contributed by atoms with Crippen LogP contribution in [0, 0.1) is 34.8 Å². The molecule has 0 radical (unpaired) electrons. The van der Waals surface area contributed by atoms with Crippen molar-refractivity contribution in [1.29, 1.82) is 5.26 Å². The minimum absolute atomic E-state index is 0.00407. The van der Waals surface area contributed by atoms with E-state index in [-0.39, 0.29) is 42.1 Å². The van der Waals surface area contributed by atoms with Crippen LogP contribution in [-0.4, -0.2) is 61.2 Å². The van der Waals surface area contributed by atoms with E-state index >= 15 is 4.39 Å². The van der Waals surface area contributed by atoms with E-state index < -0.39 is 29.2 Å². The number of fused-ring (bicyclic) bond motifs is 1. The van der Waals surface area contributed by atoms with E-state index in [4.69, 9.17) is 4.74 Å². The smallest absolute Gasteiger partial charge is 0.414 e. The van der Waals surface area contributed by atoms with Crippen LogP contribution in [-0.2, 0) is 14.9 Å². The van der Waals surface area contributed by atoms with Gasteiger partial charge in [0, 0.05) is 55.2 Å². The Morgan fingerprint density at radius 3 is 2.62 bits per heavy atom. The molecule has 0 bridgehead atoms. The monoisotopic (exact) mass is 467 g/mol. The Morgan fingerprint density at radius 2 is 2.00 bits per heavy atom. The second-order valence-corrected chi connectivity index (χ2v) is 9.18. The van der Waals surface area contributed by atoms with E-state index in [0.29, 0.717) is 11.3 Å². The number of anilines is 1. The Bertz CT molecular complexity index is 1200. The summed E-state index contributed by atoms with van der Waals surface area (Å²) in [4.78, 5) is 30.9. The lowest BCUT2D eigenvalue weighted by Gasteiger charge is -2.18. The molecule has 176 valence electrons. The zero-order valence-electron chi connectivity index (χ0n) is 18.7. The van der Waals surface area contributed by atoms with E-state index in [1.54, 1.807) is 12.1 Å². The van der Waals surface area contributed by atoms with Crippen molar-refractivity contribution < 1.29 is 23.1 Å². The van der Waals surface area contributed by atoms with Gasteiger partial charge in [0.1, 0.15) is 23.2 Å². The van der Waals surface area contributed by atoms with Gasteiger partial charge in [-0.25, -0.2) is 13.6 Å². The maximum Gasteiger partial charge on any atom is 0.414 e. The molecule has 1 unspecified atom stereocenters. The molecular formula is C24H23F2N5O3. The normalized spacial score (nSPS) is 27.8. The minimum atomic E-state index is -0.810. The number of ether oxygens (including phenoxy) is 1. The molecule has 1 aromatic heterocycles. The van der Waals surface area contributed by atoms with Crippen LogP contribution < -0.4 is 10.2 Å². The van der Waals surface area contributed by atoms with Gasteiger partial charge in [-0.3, -0.25) is 14.7 Å². The molecule has 2 aromatic rings. The molecule has 34 heavy (non-hydrogen) atoms.